The van der Waals surface area contributed by atoms with Crippen molar-refractivity contribution in [2.75, 3.05) is 10.6 Å². The maximum absolute atomic E-state index is 13.5. The Balaban J connectivity index is 2.11. The Morgan fingerprint density at radius 1 is 0.900 bits per heavy atom. The van der Waals surface area contributed by atoms with Crippen molar-refractivity contribution in [1.29, 1.82) is 0 Å². The van der Waals surface area contributed by atoms with Gasteiger partial charge in [-0.1, -0.05) is 6.07 Å². The number of hydrogen-bond acceptors (Lipinski definition) is 1. The highest BCUT2D eigenvalue weighted by Gasteiger charge is 2.08. The van der Waals surface area contributed by atoms with E-state index in [4.69, 9.17) is 12.2 Å². The van der Waals surface area contributed by atoms with E-state index in [9.17, 15) is 13.2 Å². The molecular formula is C14H11F3N2S. The first-order valence-corrected chi connectivity index (χ1v) is 6.16. The van der Waals surface area contributed by atoms with E-state index in [1.807, 2.05) is 0 Å². The van der Waals surface area contributed by atoms with Crippen LogP contribution >= 0.6 is 12.2 Å². The topological polar surface area (TPSA) is 24.1 Å². The van der Waals surface area contributed by atoms with Crippen LogP contribution in [0, 0.1) is 24.4 Å². The number of rotatable bonds is 2. The second-order valence-electron chi connectivity index (χ2n) is 4.19. The molecule has 20 heavy (non-hydrogen) atoms. The van der Waals surface area contributed by atoms with Crippen molar-refractivity contribution >= 4 is 28.7 Å². The van der Waals surface area contributed by atoms with Crippen LogP contribution in [0.4, 0.5) is 24.5 Å². The summed E-state index contributed by atoms with van der Waals surface area (Å²) >= 11 is 4.96. The molecule has 2 nitrogen and oxygen atoms in total. The molecule has 6 heteroatoms. The van der Waals surface area contributed by atoms with Crippen LogP contribution < -0.4 is 10.6 Å². The Labute approximate surface area is 119 Å². The van der Waals surface area contributed by atoms with Crippen molar-refractivity contribution < 1.29 is 13.2 Å². The van der Waals surface area contributed by atoms with Crippen molar-refractivity contribution in [1.82, 2.24) is 0 Å². The molecule has 0 saturated heterocycles. The summed E-state index contributed by atoms with van der Waals surface area (Å²) in [4.78, 5) is 0. The zero-order valence-corrected chi connectivity index (χ0v) is 11.3. The smallest absolute Gasteiger partial charge is 0.175 e. The summed E-state index contributed by atoms with van der Waals surface area (Å²) in [5.41, 5.74) is 1.05. The van der Waals surface area contributed by atoms with Gasteiger partial charge in [-0.15, -0.1) is 0 Å². The molecule has 0 aliphatic rings. The normalized spacial score (nSPS) is 10.2. The zero-order valence-electron chi connectivity index (χ0n) is 10.5. The Morgan fingerprint density at radius 2 is 1.60 bits per heavy atom. The van der Waals surface area contributed by atoms with Crippen molar-refractivity contribution in [2.45, 2.75) is 6.92 Å². The molecule has 0 fully saturated rings. The molecule has 0 bridgehead atoms. The SMILES string of the molecule is Cc1ccc(F)c(NC(=S)Nc2ccc(F)cc2F)c1. The van der Waals surface area contributed by atoms with E-state index >= 15 is 0 Å². The summed E-state index contributed by atoms with van der Waals surface area (Å²) in [6.45, 7) is 1.81. The molecule has 0 saturated carbocycles. The number of halogens is 3. The number of aryl methyl sites for hydroxylation is 1. The van der Waals surface area contributed by atoms with E-state index < -0.39 is 17.5 Å². The number of hydrogen-bond donors (Lipinski definition) is 2. The molecule has 0 heterocycles. The van der Waals surface area contributed by atoms with Crippen molar-refractivity contribution in [2.24, 2.45) is 0 Å². The lowest BCUT2D eigenvalue weighted by atomic mass is 10.2. The first-order chi connectivity index (χ1) is 9.45. The minimum absolute atomic E-state index is 0.0111. The predicted molar refractivity (Wildman–Crippen MR) is 77.3 cm³/mol. The van der Waals surface area contributed by atoms with Crippen molar-refractivity contribution in [3.05, 3.63) is 59.4 Å². The van der Waals surface area contributed by atoms with Crippen LogP contribution in [0.1, 0.15) is 5.56 Å². The highest BCUT2D eigenvalue weighted by molar-refractivity contribution is 7.80. The van der Waals surface area contributed by atoms with Gasteiger partial charge >= 0.3 is 0 Å². The molecule has 0 aliphatic carbocycles. The van der Waals surface area contributed by atoms with Crippen LogP contribution in [0.5, 0.6) is 0 Å². The van der Waals surface area contributed by atoms with E-state index in [1.54, 1.807) is 19.1 Å². The summed E-state index contributed by atoms with van der Waals surface area (Å²) in [7, 11) is 0. The van der Waals surface area contributed by atoms with Gasteiger partial charge in [0.25, 0.3) is 0 Å². The summed E-state index contributed by atoms with van der Waals surface area (Å²) in [6, 6.07) is 7.55. The maximum Gasteiger partial charge on any atom is 0.175 e. The maximum atomic E-state index is 13.5. The fraction of sp³-hybridized carbons (Fsp3) is 0.0714. The standard InChI is InChI=1S/C14H11F3N2S/c1-8-2-4-10(16)13(6-8)19-14(20)18-12-5-3-9(15)7-11(12)17/h2-7H,1H3,(H2,18,19,20). The molecule has 0 aliphatic heterocycles. The van der Waals surface area contributed by atoms with Crippen LogP contribution in [-0.4, -0.2) is 5.11 Å². The minimum Gasteiger partial charge on any atom is -0.330 e. The highest BCUT2D eigenvalue weighted by Crippen LogP contribution is 2.18. The third kappa shape index (κ3) is 3.48. The molecule has 104 valence electrons. The van der Waals surface area contributed by atoms with E-state index in [1.165, 1.54) is 12.1 Å². The monoisotopic (exact) mass is 296 g/mol. The van der Waals surface area contributed by atoms with Gasteiger partial charge in [0.15, 0.2) is 5.11 Å². The van der Waals surface area contributed by atoms with Gasteiger partial charge in [-0.25, -0.2) is 13.2 Å². The minimum atomic E-state index is -0.779. The van der Waals surface area contributed by atoms with Gasteiger partial charge < -0.3 is 10.6 Å². The van der Waals surface area contributed by atoms with Gasteiger partial charge in [0.05, 0.1) is 11.4 Å². The van der Waals surface area contributed by atoms with Gasteiger partial charge in [-0.2, -0.15) is 0 Å². The summed E-state index contributed by atoms with van der Waals surface area (Å²) < 4.78 is 39.7. The van der Waals surface area contributed by atoms with Crippen LogP contribution in [-0.2, 0) is 0 Å². The van der Waals surface area contributed by atoms with Gasteiger partial charge in [0.1, 0.15) is 17.5 Å². The van der Waals surface area contributed by atoms with Gasteiger partial charge in [-0.3, -0.25) is 0 Å². The molecule has 2 aromatic carbocycles. The Morgan fingerprint density at radius 3 is 2.30 bits per heavy atom. The first kappa shape index (κ1) is 14.3. The molecular weight excluding hydrogens is 285 g/mol. The first-order valence-electron chi connectivity index (χ1n) is 5.75. The molecule has 0 unspecified atom stereocenters. The average molecular weight is 296 g/mol. The van der Waals surface area contributed by atoms with Crippen LogP contribution in [0.25, 0.3) is 0 Å². The average Bonchev–Trinajstić information content (AvgIpc) is 2.37. The molecule has 2 aromatic rings. The summed E-state index contributed by atoms with van der Waals surface area (Å²) in [5.74, 6) is -1.94. The van der Waals surface area contributed by atoms with Crippen LogP contribution in [0.3, 0.4) is 0 Å². The summed E-state index contributed by atoms with van der Waals surface area (Å²) in [5, 5.41) is 5.18. The molecule has 2 N–H and O–H groups in total. The van der Waals surface area contributed by atoms with Crippen molar-refractivity contribution in [3.63, 3.8) is 0 Å². The van der Waals surface area contributed by atoms with Gasteiger partial charge in [0, 0.05) is 6.07 Å². The predicted octanol–water partition coefficient (Wildman–Crippen LogP) is 4.22. The van der Waals surface area contributed by atoms with Crippen LogP contribution in [0.2, 0.25) is 0 Å². The third-order valence-corrected chi connectivity index (χ3v) is 2.75. The van der Waals surface area contributed by atoms with E-state index in [0.29, 0.717) is 0 Å². The lowest BCUT2D eigenvalue weighted by molar-refractivity contribution is 0.586. The Hall–Kier alpha value is -2.08. The Bertz CT molecular complexity index is 659. The van der Waals surface area contributed by atoms with E-state index in [2.05, 4.69) is 10.6 Å². The molecule has 0 radical (unpaired) electrons. The second kappa shape index (κ2) is 5.92. The largest absolute Gasteiger partial charge is 0.330 e. The molecule has 0 atom stereocenters. The fourth-order valence-electron chi connectivity index (χ4n) is 1.60. The highest BCUT2D eigenvalue weighted by atomic mass is 32.1. The molecule has 0 amide bonds. The number of benzene rings is 2. The third-order valence-electron chi connectivity index (χ3n) is 2.55. The zero-order chi connectivity index (χ0) is 14.7. The van der Waals surface area contributed by atoms with E-state index in [0.717, 1.165) is 17.7 Å². The quantitative estimate of drug-likeness (QED) is 0.811. The molecule has 0 spiro atoms. The number of nitrogens with one attached hydrogen (secondary N) is 2. The van der Waals surface area contributed by atoms with Crippen LogP contribution in [0.15, 0.2) is 36.4 Å². The molecule has 2 rings (SSSR count). The lowest BCUT2D eigenvalue weighted by Crippen LogP contribution is -2.20. The lowest BCUT2D eigenvalue weighted by Gasteiger charge is -2.12. The van der Waals surface area contributed by atoms with Crippen molar-refractivity contribution in [3.8, 4) is 0 Å². The van der Waals surface area contributed by atoms with Gasteiger partial charge in [-0.05, 0) is 49.0 Å². The fourth-order valence-corrected chi connectivity index (χ4v) is 1.82. The number of thiocarbonyl (C=S) groups is 1. The Kier molecular flexibility index (Phi) is 4.24. The molecule has 0 aromatic heterocycles. The summed E-state index contributed by atoms with van der Waals surface area (Å²) in [6.07, 6.45) is 0. The van der Waals surface area contributed by atoms with E-state index in [-0.39, 0.29) is 16.5 Å². The van der Waals surface area contributed by atoms with Gasteiger partial charge in [0.2, 0.25) is 0 Å². The second-order valence-corrected chi connectivity index (χ2v) is 4.59. The number of anilines is 2.